The fourth-order valence-corrected chi connectivity index (χ4v) is 2.23. The summed E-state index contributed by atoms with van der Waals surface area (Å²) in [4.78, 5) is 11.7. The molecule has 0 unspecified atom stereocenters. The van der Waals surface area contributed by atoms with Gasteiger partial charge < -0.3 is 4.74 Å². The van der Waals surface area contributed by atoms with Crippen LogP contribution >= 0.6 is 6.04 Å². The van der Waals surface area contributed by atoms with E-state index in [9.17, 15) is 4.79 Å². The van der Waals surface area contributed by atoms with Crippen LogP contribution in [0.25, 0.3) is 0 Å². The first-order valence-corrected chi connectivity index (χ1v) is 10.1. The molecule has 1 aromatic rings. The van der Waals surface area contributed by atoms with Gasteiger partial charge in [-0.25, -0.2) is 4.79 Å². The van der Waals surface area contributed by atoms with E-state index in [-0.39, 0.29) is 5.97 Å². The number of unbranched alkanes of at least 4 members (excludes halogenated alkanes) is 1. The Morgan fingerprint density at radius 2 is 1.95 bits per heavy atom. The second-order valence-electron chi connectivity index (χ2n) is 4.84. The Kier molecular flexibility index (Phi) is 6.47. The lowest BCUT2D eigenvalue weighted by atomic mass is 10.2. The zero-order valence-electron chi connectivity index (χ0n) is 11.8. The lowest BCUT2D eigenvalue weighted by Gasteiger charge is -2.10. The number of hydrogen-bond donors (Lipinski definition) is 0. The summed E-state index contributed by atoms with van der Waals surface area (Å²) in [6.07, 6.45) is 3.93. The highest BCUT2D eigenvalue weighted by atomic mass is 32.4. The molecule has 0 aliphatic heterocycles. The zero-order valence-corrected chi connectivity index (χ0v) is 13.5. The molecular formula is C15H21O2PS. The summed E-state index contributed by atoms with van der Waals surface area (Å²) in [5.41, 5.74) is 0.604. The maximum Gasteiger partial charge on any atom is 0.338 e. The van der Waals surface area contributed by atoms with Crippen molar-refractivity contribution in [3.8, 4) is 0 Å². The number of carbonyl (C=O) groups excluding carboxylic acids is 1. The van der Waals surface area contributed by atoms with Gasteiger partial charge in [-0.3, -0.25) is 0 Å². The summed E-state index contributed by atoms with van der Waals surface area (Å²) in [5.74, 6) is -0.252. The monoisotopic (exact) mass is 296 g/mol. The molecule has 0 bridgehead atoms. The van der Waals surface area contributed by atoms with E-state index in [2.05, 4.69) is 26.3 Å². The predicted octanol–water partition coefficient (Wildman–Crippen LogP) is 4.27. The van der Waals surface area contributed by atoms with E-state index in [0.29, 0.717) is 12.2 Å². The van der Waals surface area contributed by atoms with Crippen LogP contribution in [-0.2, 0) is 16.5 Å². The van der Waals surface area contributed by atoms with Crippen LogP contribution in [0.1, 0.15) is 30.1 Å². The highest BCUT2D eigenvalue weighted by Crippen LogP contribution is 2.46. The van der Waals surface area contributed by atoms with Crippen LogP contribution in [0.3, 0.4) is 0 Å². The van der Waals surface area contributed by atoms with Crippen molar-refractivity contribution in [1.29, 1.82) is 0 Å². The molecule has 2 nitrogen and oxygen atoms in total. The van der Waals surface area contributed by atoms with E-state index in [1.54, 1.807) is 12.1 Å². The van der Waals surface area contributed by atoms with Crippen molar-refractivity contribution in [3.63, 3.8) is 0 Å². The van der Waals surface area contributed by atoms with Gasteiger partial charge >= 0.3 is 5.97 Å². The second kappa shape index (κ2) is 7.62. The van der Waals surface area contributed by atoms with Crippen LogP contribution in [0.15, 0.2) is 41.7 Å². The molecule has 0 aliphatic carbocycles. The van der Waals surface area contributed by atoms with Gasteiger partial charge in [-0.05, 0) is 56.6 Å². The number of allylic oxidation sites excluding steroid dienone is 2. The Morgan fingerprint density at radius 1 is 1.32 bits per heavy atom. The highest BCUT2D eigenvalue weighted by molar-refractivity contribution is 8.15. The van der Waals surface area contributed by atoms with Gasteiger partial charge in [-0.1, -0.05) is 36.1 Å². The van der Waals surface area contributed by atoms with Gasteiger partial charge in [0.25, 0.3) is 0 Å². The summed E-state index contributed by atoms with van der Waals surface area (Å²) in [6.45, 7) is 6.80. The fraction of sp³-hybridized carbons (Fsp3) is 0.400. The Bertz CT molecular complexity index is 488. The summed E-state index contributed by atoms with van der Waals surface area (Å²) in [7, 11) is 0. The molecule has 104 valence electrons. The van der Waals surface area contributed by atoms with Crippen molar-refractivity contribution in [2.75, 3.05) is 19.9 Å². The van der Waals surface area contributed by atoms with Crippen LogP contribution < -0.4 is 0 Å². The number of benzene rings is 1. The molecular weight excluding hydrogens is 275 g/mol. The molecule has 0 saturated carbocycles. The van der Waals surface area contributed by atoms with Gasteiger partial charge in [0.05, 0.1) is 12.2 Å². The average Bonchev–Trinajstić information content (AvgIpc) is 2.37. The van der Waals surface area contributed by atoms with Crippen LogP contribution in [0.5, 0.6) is 0 Å². The minimum Gasteiger partial charge on any atom is -0.462 e. The standard InChI is InChI=1S/C15H21O2PS/c1-13(18(2,3)19)9-7-8-12-17-15(16)14-10-5-4-6-11-14/h4-6,9-11H,7-8,12H2,1-3H3/b13-9+. The van der Waals surface area contributed by atoms with E-state index < -0.39 is 6.04 Å². The van der Waals surface area contributed by atoms with Gasteiger partial charge in [0.15, 0.2) is 0 Å². The largest absolute Gasteiger partial charge is 0.462 e. The molecule has 0 radical (unpaired) electrons. The fourth-order valence-electron chi connectivity index (χ4n) is 1.44. The van der Waals surface area contributed by atoms with E-state index in [1.807, 2.05) is 18.2 Å². The van der Waals surface area contributed by atoms with Gasteiger partial charge in [0, 0.05) is 0 Å². The Balaban J connectivity index is 2.29. The quantitative estimate of drug-likeness (QED) is 0.445. The predicted molar refractivity (Wildman–Crippen MR) is 85.8 cm³/mol. The van der Waals surface area contributed by atoms with Gasteiger partial charge in [0.2, 0.25) is 0 Å². The van der Waals surface area contributed by atoms with Crippen molar-refractivity contribution in [2.45, 2.75) is 19.8 Å². The first-order chi connectivity index (χ1) is 8.91. The van der Waals surface area contributed by atoms with Crippen molar-refractivity contribution in [1.82, 2.24) is 0 Å². The topological polar surface area (TPSA) is 26.3 Å². The first kappa shape index (κ1) is 16.1. The van der Waals surface area contributed by atoms with Crippen LogP contribution in [0.2, 0.25) is 0 Å². The molecule has 0 atom stereocenters. The first-order valence-electron chi connectivity index (χ1n) is 6.36. The maximum atomic E-state index is 11.7. The molecule has 0 fully saturated rings. The zero-order chi connectivity index (χ0) is 14.3. The van der Waals surface area contributed by atoms with E-state index in [4.69, 9.17) is 16.5 Å². The third-order valence-electron chi connectivity index (χ3n) is 2.88. The smallest absolute Gasteiger partial charge is 0.338 e. The summed E-state index contributed by atoms with van der Waals surface area (Å²) >= 11 is 5.45. The molecule has 0 saturated heterocycles. The molecule has 0 heterocycles. The van der Waals surface area contributed by atoms with Gasteiger partial charge in [-0.15, -0.1) is 0 Å². The Morgan fingerprint density at radius 3 is 2.53 bits per heavy atom. The number of carbonyl (C=O) groups is 1. The normalized spacial score (nSPS) is 12.3. The van der Waals surface area contributed by atoms with Crippen molar-refractivity contribution >= 4 is 23.8 Å². The van der Waals surface area contributed by atoms with Crippen LogP contribution in [-0.4, -0.2) is 25.9 Å². The van der Waals surface area contributed by atoms with Crippen molar-refractivity contribution in [2.24, 2.45) is 0 Å². The summed E-state index contributed by atoms with van der Waals surface area (Å²) < 4.78 is 5.21. The minimum atomic E-state index is -1.29. The van der Waals surface area contributed by atoms with Gasteiger partial charge in [0.1, 0.15) is 0 Å². The molecule has 19 heavy (non-hydrogen) atoms. The summed E-state index contributed by atoms with van der Waals surface area (Å²) in [5, 5.41) is 1.30. The maximum absolute atomic E-state index is 11.7. The van der Waals surface area contributed by atoms with Gasteiger partial charge in [-0.2, -0.15) is 0 Å². The average molecular weight is 296 g/mol. The molecule has 0 N–H and O–H groups in total. The van der Waals surface area contributed by atoms with E-state index >= 15 is 0 Å². The molecule has 0 aromatic heterocycles. The van der Waals surface area contributed by atoms with Crippen molar-refractivity contribution < 1.29 is 9.53 Å². The number of hydrogen-bond acceptors (Lipinski definition) is 3. The molecule has 0 aliphatic rings. The SMILES string of the molecule is C/C(=C\CCCOC(=O)c1ccccc1)P(C)(C)=S. The highest BCUT2D eigenvalue weighted by Gasteiger charge is 2.06. The van der Waals surface area contributed by atoms with Crippen LogP contribution in [0.4, 0.5) is 0 Å². The van der Waals surface area contributed by atoms with E-state index in [1.165, 1.54) is 5.31 Å². The number of rotatable bonds is 6. The van der Waals surface area contributed by atoms with Crippen LogP contribution in [0, 0.1) is 0 Å². The Hall–Kier alpha value is -0.920. The number of ether oxygens (including phenoxy) is 1. The van der Waals surface area contributed by atoms with E-state index in [0.717, 1.165) is 12.8 Å². The lowest BCUT2D eigenvalue weighted by molar-refractivity contribution is 0.0501. The lowest BCUT2D eigenvalue weighted by Crippen LogP contribution is -2.05. The minimum absolute atomic E-state index is 0.252. The Labute approximate surface area is 120 Å². The summed E-state index contributed by atoms with van der Waals surface area (Å²) in [6, 6.07) is 7.78. The molecule has 1 aromatic carbocycles. The molecule has 0 spiro atoms. The third kappa shape index (κ3) is 6.17. The number of esters is 1. The second-order valence-corrected chi connectivity index (χ2v) is 11.0. The molecule has 4 heteroatoms. The molecule has 0 amide bonds. The molecule has 1 rings (SSSR count). The third-order valence-corrected chi connectivity index (χ3v) is 5.63. The van der Waals surface area contributed by atoms with Crippen molar-refractivity contribution in [3.05, 3.63) is 47.3 Å².